The van der Waals surface area contributed by atoms with E-state index in [-0.39, 0.29) is 36.1 Å². The number of aliphatic imine (C=N–C) groups is 1. The van der Waals surface area contributed by atoms with E-state index >= 15 is 0 Å². The number of alkyl halides is 3. The zero-order valence-electron chi connectivity index (χ0n) is 18.4. The number of hydrogen-bond donors (Lipinski definition) is 2. The Morgan fingerprint density at radius 3 is 2.29 bits per heavy atom. The Balaban J connectivity index is 0.00000480. The summed E-state index contributed by atoms with van der Waals surface area (Å²) in [6.07, 6.45) is -2.38. The van der Waals surface area contributed by atoms with Crippen molar-refractivity contribution in [3.63, 3.8) is 0 Å². The first-order chi connectivity index (χ1) is 14.2. The maximum Gasteiger partial charge on any atom is 0.411 e. The lowest BCUT2D eigenvalue weighted by molar-refractivity contribution is -0.176. The highest BCUT2D eigenvalue weighted by Crippen LogP contribution is 2.25. The van der Waals surface area contributed by atoms with Crippen molar-refractivity contribution in [2.75, 3.05) is 47.0 Å². The molecule has 1 heterocycles. The van der Waals surface area contributed by atoms with Crippen molar-refractivity contribution < 1.29 is 22.6 Å². The molecule has 0 spiro atoms. The molecule has 0 radical (unpaired) electrons. The Hall–Kier alpha value is -1.11. The molecule has 0 amide bonds. The van der Waals surface area contributed by atoms with Crippen LogP contribution < -0.4 is 10.6 Å². The van der Waals surface area contributed by atoms with Crippen LogP contribution in [0.25, 0.3) is 0 Å². The Bertz CT molecular complexity index is 664. The zero-order chi connectivity index (χ0) is 22.0. The molecule has 1 aromatic rings. The average molecular weight is 558 g/mol. The highest BCUT2D eigenvalue weighted by atomic mass is 127. The van der Waals surface area contributed by atoms with Crippen LogP contribution in [0.3, 0.4) is 0 Å². The van der Waals surface area contributed by atoms with Gasteiger partial charge >= 0.3 is 6.18 Å². The molecule has 1 aromatic carbocycles. The minimum absolute atomic E-state index is 0. The van der Waals surface area contributed by atoms with Gasteiger partial charge in [-0.1, -0.05) is 24.3 Å². The lowest BCUT2D eigenvalue weighted by atomic mass is 9.88. The molecule has 178 valence electrons. The van der Waals surface area contributed by atoms with Crippen LogP contribution in [-0.4, -0.2) is 69.6 Å². The first-order valence-electron chi connectivity index (χ1n) is 10.2. The van der Waals surface area contributed by atoms with Gasteiger partial charge < -0.3 is 25.0 Å². The van der Waals surface area contributed by atoms with E-state index in [9.17, 15) is 13.2 Å². The molecule has 0 aliphatic carbocycles. The van der Waals surface area contributed by atoms with Gasteiger partial charge in [0.15, 0.2) is 5.96 Å². The first-order valence-corrected chi connectivity index (χ1v) is 10.2. The molecule has 1 saturated heterocycles. The van der Waals surface area contributed by atoms with Crippen LogP contribution >= 0.6 is 24.0 Å². The maximum absolute atomic E-state index is 12.2. The van der Waals surface area contributed by atoms with Crippen LogP contribution in [0, 0.1) is 0 Å². The maximum atomic E-state index is 12.2. The van der Waals surface area contributed by atoms with Gasteiger partial charge in [0.05, 0.1) is 13.2 Å². The van der Waals surface area contributed by atoms with Gasteiger partial charge in [-0.05, 0) is 45.0 Å². The monoisotopic (exact) mass is 558 g/mol. The Labute approximate surface area is 200 Å². The van der Waals surface area contributed by atoms with E-state index in [0.717, 1.165) is 50.7 Å². The molecule has 0 aromatic heterocycles. The first kappa shape index (κ1) is 27.9. The third-order valence-corrected chi connectivity index (χ3v) is 5.28. The number of nitrogens with zero attached hydrogens (tertiary/aromatic N) is 2. The summed E-state index contributed by atoms with van der Waals surface area (Å²) in [6.45, 7) is 4.21. The van der Waals surface area contributed by atoms with E-state index in [1.54, 1.807) is 12.1 Å². The SMILES string of the molecule is CCNC(=NCc1ccc(COCC(F)(F)F)cc1)NCC1(N(C)C)CCOCC1.I. The topological polar surface area (TPSA) is 58.1 Å². The number of likely N-dealkylation sites (N-methyl/N-ethyl adjacent to an activating group) is 1. The summed E-state index contributed by atoms with van der Waals surface area (Å²) in [5.74, 6) is 0.739. The quantitative estimate of drug-likeness (QED) is 0.276. The highest BCUT2D eigenvalue weighted by molar-refractivity contribution is 14.0. The summed E-state index contributed by atoms with van der Waals surface area (Å²) in [5.41, 5.74) is 1.71. The van der Waals surface area contributed by atoms with Crippen molar-refractivity contribution >= 4 is 29.9 Å². The number of halogens is 4. The zero-order valence-corrected chi connectivity index (χ0v) is 20.8. The summed E-state index contributed by atoms with van der Waals surface area (Å²) >= 11 is 0. The number of benzene rings is 1. The Morgan fingerprint density at radius 2 is 1.74 bits per heavy atom. The van der Waals surface area contributed by atoms with E-state index in [1.807, 2.05) is 19.1 Å². The standard InChI is InChI=1S/C21H33F3N4O2.HI/c1-4-25-19(27-15-20(28(2)3)9-11-29-12-10-20)26-13-17-5-7-18(8-6-17)14-30-16-21(22,23)24;/h5-8H,4,9-16H2,1-3H3,(H2,25,26,27);1H. The second-order valence-electron chi connectivity index (χ2n) is 7.70. The van der Waals surface area contributed by atoms with Crippen LogP contribution in [0.15, 0.2) is 29.3 Å². The molecular formula is C21H34F3IN4O2. The van der Waals surface area contributed by atoms with Gasteiger partial charge in [0.2, 0.25) is 0 Å². The van der Waals surface area contributed by atoms with Crippen molar-refractivity contribution in [3.8, 4) is 0 Å². The molecule has 0 bridgehead atoms. The molecule has 0 unspecified atom stereocenters. The lowest BCUT2D eigenvalue weighted by Gasteiger charge is -2.43. The third-order valence-electron chi connectivity index (χ3n) is 5.28. The van der Waals surface area contributed by atoms with Gasteiger partial charge in [-0.15, -0.1) is 24.0 Å². The minimum Gasteiger partial charge on any atom is -0.381 e. The molecule has 6 nitrogen and oxygen atoms in total. The summed E-state index contributed by atoms with van der Waals surface area (Å²) in [5, 5.41) is 6.72. The van der Waals surface area contributed by atoms with Gasteiger partial charge in [0, 0.05) is 31.8 Å². The third kappa shape index (κ3) is 9.92. The normalized spacial score (nSPS) is 16.7. The van der Waals surface area contributed by atoms with E-state index in [0.29, 0.717) is 12.1 Å². The van der Waals surface area contributed by atoms with E-state index in [2.05, 4.69) is 39.4 Å². The van der Waals surface area contributed by atoms with Crippen molar-refractivity contribution in [1.82, 2.24) is 15.5 Å². The molecule has 10 heteroatoms. The Morgan fingerprint density at radius 1 is 1.13 bits per heavy atom. The van der Waals surface area contributed by atoms with E-state index in [1.165, 1.54) is 0 Å². The predicted octanol–water partition coefficient (Wildman–Crippen LogP) is 3.55. The van der Waals surface area contributed by atoms with Crippen LogP contribution in [-0.2, 0) is 22.6 Å². The molecule has 1 aliphatic rings. The van der Waals surface area contributed by atoms with Crippen LogP contribution in [0.1, 0.15) is 30.9 Å². The van der Waals surface area contributed by atoms with E-state index < -0.39 is 12.8 Å². The number of guanidine groups is 1. The van der Waals surface area contributed by atoms with Crippen LogP contribution in [0.5, 0.6) is 0 Å². The molecule has 31 heavy (non-hydrogen) atoms. The van der Waals surface area contributed by atoms with Crippen molar-refractivity contribution in [2.45, 2.75) is 44.6 Å². The molecular weight excluding hydrogens is 524 g/mol. The van der Waals surface area contributed by atoms with Gasteiger partial charge in [0.1, 0.15) is 6.61 Å². The molecule has 2 N–H and O–H groups in total. The minimum atomic E-state index is -4.31. The summed E-state index contributed by atoms with van der Waals surface area (Å²) in [4.78, 5) is 6.90. The molecule has 2 rings (SSSR count). The predicted molar refractivity (Wildman–Crippen MR) is 127 cm³/mol. The molecule has 1 aliphatic heterocycles. The average Bonchev–Trinajstić information content (AvgIpc) is 2.71. The van der Waals surface area contributed by atoms with Gasteiger partial charge in [-0.2, -0.15) is 13.2 Å². The summed E-state index contributed by atoms with van der Waals surface area (Å²) in [7, 11) is 4.19. The molecule has 1 fully saturated rings. The van der Waals surface area contributed by atoms with Gasteiger partial charge in [0.25, 0.3) is 0 Å². The number of hydrogen-bond acceptors (Lipinski definition) is 4. The van der Waals surface area contributed by atoms with Gasteiger partial charge in [-0.3, -0.25) is 0 Å². The number of nitrogens with one attached hydrogen (secondary N) is 2. The number of ether oxygens (including phenoxy) is 2. The van der Waals surface area contributed by atoms with Gasteiger partial charge in [-0.25, -0.2) is 4.99 Å². The molecule has 0 atom stereocenters. The highest BCUT2D eigenvalue weighted by Gasteiger charge is 2.34. The molecule has 0 saturated carbocycles. The fraction of sp³-hybridized carbons (Fsp3) is 0.667. The van der Waals surface area contributed by atoms with Crippen LogP contribution in [0.2, 0.25) is 0 Å². The largest absolute Gasteiger partial charge is 0.411 e. The van der Waals surface area contributed by atoms with Crippen LogP contribution in [0.4, 0.5) is 13.2 Å². The van der Waals surface area contributed by atoms with Crippen molar-refractivity contribution in [1.29, 1.82) is 0 Å². The van der Waals surface area contributed by atoms with Crippen molar-refractivity contribution in [3.05, 3.63) is 35.4 Å². The fourth-order valence-electron chi connectivity index (χ4n) is 3.32. The number of rotatable bonds is 9. The second-order valence-corrected chi connectivity index (χ2v) is 7.70. The van der Waals surface area contributed by atoms with E-state index in [4.69, 9.17) is 4.74 Å². The lowest BCUT2D eigenvalue weighted by Crippen LogP contribution is -2.57. The summed E-state index contributed by atoms with van der Waals surface area (Å²) < 4.78 is 46.7. The summed E-state index contributed by atoms with van der Waals surface area (Å²) in [6, 6.07) is 7.26. The second kappa shape index (κ2) is 13.4. The smallest absolute Gasteiger partial charge is 0.381 e. The Kier molecular flexibility index (Phi) is 12.1. The van der Waals surface area contributed by atoms with Crippen molar-refractivity contribution in [2.24, 2.45) is 4.99 Å². The fourth-order valence-corrected chi connectivity index (χ4v) is 3.32.